The fourth-order valence-electron chi connectivity index (χ4n) is 3.57. The number of para-hydroxylation sites is 1. The van der Waals surface area contributed by atoms with E-state index in [0.29, 0.717) is 6.61 Å². The lowest BCUT2D eigenvalue weighted by molar-refractivity contribution is -0.129. The van der Waals surface area contributed by atoms with Crippen molar-refractivity contribution in [3.63, 3.8) is 0 Å². The van der Waals surface area contributed by atoms with Crippen LogP contribution in [-0.4, -0.2) is 62.8 Å². The Kier molecular flexibility index (Phi) is 6.10. The summed E-state index contributed by atoms with van der Waals surface area (Å²) in [6.07, 6.45) is 1.95. The van der Waals surface area contributed by atoms with Gasteiger partial charge in [0, 0.05) is 51.1 Å². The molecule has 5 heteroatoms. The van der Waals surface area contributed by atoms with E-state index in [2.05, 4.69) is 52.4 Å². The van der Waals surface area contributed by atoms with Crippen LogP contribution in [0.1, 0.15) is 19.8 Å². The predicted molar refractivity (Wildman–Crippen MR) is 96.2 cm³/mol. The van der Waals surface area contributed by atoms with Gasteiger partial charge in [-0.2, -0.15) is 0 Å². The van der Waals surface area contributed by atoms with Crippen LogP contribution in [0.4, 0.5) is 5.69 Å². The van der Waals surface area contributed by atoms with Crippen molar-refractivity contribution >= 4 is 11.6 Å². The van der Waals surface area contributed by atoms with Crippen LogP contribution in [0, 0.1) is 5.92 Å². The number of nitrogens with zero attached hydrogens (tertiary/aromatic N) is 2. The van der Waals surface area contributed by atoms with Gasteiger partial charge in [0.05, 0.1) is 12.5 Å². The van der Waals surface area contributed by atoms with Gasteiger partial charge in [-0.25, -0.2) is 0 Å². The van der Waals surface area contributed by atoms with Crippen molar-refractivity contribution in [2.45, 2.75) is 25.8 Å². The third-order valence-corrected chi connectivity index (χ3v) is 4.95. The first-order valence-corrected chi connectivity index (χ1v) is 9.13. The Morgan fingerprint density at radius 1 is 1.25 bits per heavy atom. The van der Waals surface area contributed by atoms with E-state index in [4.69, 9.17) is 4.74 Å². The number of rotatable bonds is 5. The number of hydrogen-bond acceptors (Lipinski definition) is 4. The summed E-state index contributed by atoms with van der Waals surface area (Å²) in [5, 5.41) is 3.17. The van der Waals surface area contributed by atoms with Crippen LogP contribution in [0.15, 0.2) is 30.3 Å². The van der Waals surface area contributed by atoms with Crippen molar-refractivity contribution in [2.24, 2.45) is 5.92 Å². The van der Waals surface area contributed by atoms with Crippen molar-refractivity contribution in [2.75, 3.05) is 50.8 Å². The smallest absolute Gasteiger partial charge is 0.225 e. The van der Waals surface area contributed by atoms with Gasteiger partial charge < -0.3 is 15.0 Å². The molecule has 2 atom stereocenters. The second-order valence-electron chi connectivity index (χ2n) is 6.95. The standard InChI is InChI=1S/C19H29N3O2/c1-16(20-19(23)17-6-5-13-24-15-17)14-21-9-11-22(12-10-21)18-7-3-2-4-8-18/h2-4,7-8,16-17H,5-6,9-15H2,1H3,(H,20,23). The molecule has 1 amide bonds. The summed E-state index contributed by atoms with van der Waals surface area (Å²) < 4.78 is 5.41. The molecular weight excluding hydrogens is 302 g/mol. The van der Waals surface area contributed by atoms with Gasteiger partial charge >= 0.3 is 0 Å². The first kappa shape index (κ1) is 17.2. The molecule has 1 aromatic carbocycles. The summed E-state index contributed by atoms with van der Waals surface area (Å²) in [7, 11) is 0. The van der Waals surface area contributed by atoms with Crippen LogP contribution in [0.5, 0.6) is 0 Å². The fourth-order valence-corrected chi connectivity index (χ4v) is 3.57. The Hall–Kier alpha value is -1.59. The third kappa shape index (κ3) is 4.71. The number of carbonyl (C=O) groups excluding carboxylic acids is 1. The monoisotopic (exact) mass is 331 g/mol. The molecule has 0 saturated carbocycles. The molecule has 0 aliphatic carbocycles. The van der Waals surface area contributed by atoms with Gasteiger partial charge in [0.15, 0.2) is 0 Å². The minimum absolute atomic E-state index is 0.0381. The zero-order chi connectivity index (χ0) is 16.8. The highest BCUT2D eigenvalue weighted by Gasteiger charge is 2.24. The largest absolute Gasteiger partial charge is 0.381 e. The molecule has 2 saturated heterocycles. The number of nitrogens with one attached hydrogen (secondary N) is 1. The second kappa shape index (κ2) is 8.49. The van der Waals surface area contributed by atoms with E-state index >= 15 is 0 Å². The lowest BCUT2D eigenvalue weighted by atomic mass is 10.0. The van der Waals surface area contributed by atoms with Crippen LogP contribution in [-0.2, 0) is 9.53 Å². The SMILES string of the molecule is CC(CN1CCN(c2ccccc2)CC1)NC(=O)C1CCCOC1. The molecule has 2 fully saturated rings. The Morgan fingerprint density at radius 3 is 2.67 bits per heavy atom. The molecule has 0 radical (unpaired) electrons. The zero-order valence-electron chi connectivity index (χ0n) is 14.6. The number of ether oxygens (including phenoxy) is 1. The Morgan fingerprint density at radius 2 is 2.00 bits per heavy atom. The normalized spacial score (nSPS) is 23.7. The van der Waals surface area contributed by atoms with E-state index in [1.54, 1.807) is 0 Å². The van der Waals surface area contributed by atoms with E-state index in [0.717, 1.165) is 52.2 Å². The lowest BCUT2D eigenvalue weighted by Gasteiger charge is -2.37. The second-order valence-corrected chi connectivity index (χ2v) is 6.95. The van der Waals surface area contributed by atoms with Crippen LogP contribution in [0.25, 0.3) is 0 Å². The Bertz CT molecular complexity index is 509. The van der Waals surface area contributed by atoms with Crippen molar-refractivity contribution in [3.05, 3.63) is 30.3 Å². The molecule has 0 aromatic heterocycles. The van der Waals surface area contributed by atoms with Crippen LogP contribution in [0.2, 0.25) is 0 Å². The summed E-state index contributed by atoms with van der Waals surface area (Å²) >= 11 is 0. The van der Waals surface area contributed by atoms with E-state index in [9.17, 15) is 4.79 Å². The summed E-state index contributed by atoms with van der Waals surface area (Å²) in [5.74, 6) is 0.196. The molecule has 1 aromatic rings. The summed E-state index contributed by atoms with van der Waals surface area (Å²) in [5.41, 5.74) is 1.30. The van der Waals surface area contributed by atoms with Crippen LogP contribution in [0.3, 0.4) is 0 Å². The number of anilines is 1. The Labute approximate surface area is 145 Å². The average molecular weight is 331 g/mol. The van der Waals surface area contributed by atoms with Gasteiger partial charge in [-0.15, -0.1) is 0 Å². The molecule has 132 valence electrons. The molecule has 3 rings (SSSR count). The van der Waals surface area contributed by atoms with Crippen LogP contribution >= 0.6 is 0 Å². The summed E-state index contributed by atoms with van der Waals surface area (Å²) in [6, 6.07) is 10.8. The van der Waals surface area contributed by atoms with Gasteiger partial charge in [0.2, 0.25) is 5.91 Å². The third-order valence-electron chi connectivity index (χ3n) is 4.95. The molecule has 24 heavy (non-hydrogen) atoms. The van der Waals surface area contributed by atoms with E-state index in [1.807, 2.05) is 0 Å². The summed E-state index contributed by atoms with van der Waals surface area (Å²) in [6.45, 7) is 8.57. The van der Waals surface area contributed by atoms with Gasteiger partial charge in [0.1, 0.15) is 0 Å². The molecule has 0 bridgehead atoms. The van der Waals surface area contributed by atoms with Gasteiger partial charge in [-0.1, -0.05) is 18.2 Å². The molecule has 2 aliphatic heterocycles. The molecule has 5 nitrogen and oxygen atoms in total. The maximum absolute atomic E-state index is 12.3. The van der Waals surface area contributed by atoms with Crippen LogP contribution < -0.4 is 10.2 Å². The minimum Gasteiger partial charge on any atom is -0.381 e. The maximum Gasteiger partial charge on any atom is 0.225 e. The minimum atomic E-state index is 0.0381. The molecule has 1 N–H and O–H groups in total. The van der Waals surface area contributed by atoms with Gasteiger partial charge in [-0.3, -0.25) is 9.69 Å². The number of carbonyl (C=O) groups is 1. The lowest BCUT2D eigenvalue weighted by Crippen LogP contribution is -2.51. The van der Waals surface area contributed by atoms with E-state index < -0.39 is 0 Å². The Balaban J connectivity index is 1.40. The molecule has 2 heterocycles. The quantitative estimate of drug-likeness (QED) is 0.893. The van der Waals surface area contributed by atoms with Gasteiger partial charge in [-0.05, 0) is 31.9 Å². The molecular formula is C19H29N3O2. The predicted octanol–water partition coefficient (Wildman–Crippen LogP) is 1.74. The van der Waals surface area contributed by atoms with Crippen molar-refractivity contribution in [1.82, 2.24) is 10.2 Å². The zero-order valence-corrected chi connectivity index (χ0v) is 14.6. The van der Waals surface area contributed by atoms with Crippen molar-refractivity contribution < 1.29 is 9.53 Å². The summed E-state index contributed by atoms with van der Waals surface area (Å²) in [4.78, 5) is 17.1. The highest BCUT2D eigenvalue weighted by molar-refractivity contribution is 5.79. The van der Waals surface area contributed by atoms with E-state index in [1.165, 1.54) is 5.69 Å². The number of piperazine rings is 1. The molecule has 2 aliphatic rings. The number of hydrogen-bond donors (Lipinski definition) is 1. The fraction of sp³-hybridized carbons (Fsp3) is 0.632. The number of benzene rings is 1. The molecule has 0 spiro atoms. The van der Waals surface area contributed by atoms with Crippen molar-refractivity contribution in [3.8, 4) is 0 Å². The first-order valence-electron chi connectivity index (χ1n) is 9.13. The topological polar surface area (TPSA) is 44.8 Å². The maximum atomic E-state index is 12.3. The highest BCUT2D eigenvalue weighted by Crippen LogP contribution is 2.16. The number of amides is 1. The first-order chi connectivity index (χ1) is 11.7. The average Bonchev–Trinajstić information content (AvgIpc) is 2.64. The molecule has 2 unspecified atom stereocenters. The highest BCUT2D eigenvalue weighted by atomic mass is 16.5. The van der Waals surface area contributed by atoms with Gasteiger partial charge in [0.25, 0.3) is 0 Å². The van der Waals surface area contributed by atoms with E-state index in [-0.39, 0.29) is 17.9 Å². The van der Waals surface area contributed by atoms with Crippen molar-refractivity contribution in [1.29, 1.82) is 0 Å².